The van der Waals surface area contributed by atoms with Crippen LogP contribution in [0.15, 0.2) is 33.9 Å². The SMILES string of the molecule is CCCn1c(NC(=O)c2cccc(F)c2)c(NCCN2CCOCC2)c(=O)[nH]c1=O. The lowest BCUT2D eigenvalue weighted by Gasteiger charge is -2.26. The maximum absolute atomic E-state index is 13.5. The Balaban J connectivity index is 1.86. The number of hydrogen-bond acceptors (Lipinski definition) is 6. The van der Waals surface area contributed by atoms with E-state index in [-0.39, 0.29) is 17.1 Å². The van der Waals surface area contributed by atoms with Gasteiger partial charge in [-0.2, -0.15) is 0 Å². The second-order valence-electron chi connectivity index (χ2n) is 6.98. The normalized spacial score (nSPS) is 14.5. The second-order valence-corrected chi connectivity index (χ2v) is 6.98. The Morgan fingerprint density at radius 2 is 2.00 bits per heavy atom. The average Bonchev–Trinajstić information content (AvgIpc) is 2.73. The van der Waals surface area contributed by atoms with Gasteiger partial charge in [0.25, 0.3) is 11.5 Å². The van der Waals surface area contributed by atoms with Crippen molar-refractivity contribution in [1.29, 1.82) is 0 Å². The van der Waals surface area contributed by atoms with Crippen molar-refractivity contribution in [3.63, 3.8) is 0 Å². The number of aromatic nitrogens is 2. The molecule has 1 aromatic heterocycles. The van der Waals surface area contributed by atoms with E-state index in [0.29, 0.717) is 39.3 Å². The largest absolute Gasteiger partial charge is 0.379 e. The van der Waals surface area contributed by atoms with Crippen LogP contribution in [0, 0.1) is 5.82 Å². The zero-order chi connectivity index (χ0) is 21.5. The molecule has 10 heteroatoms. The van der Waals surface area contributed by atoms with Crippen molar-refractivity contribution < 1.29 is 13.9 Å². The zero-order valence-electron chi connectivity index (χ0n) is 16.9. The average molecular weight is 419 g/mol. The Hall–Kier alpha value is -2.98. The lowest BCUT2D eigenvalue weighted by Crippen LogP contribution is -2.40. The zero-order valence-corrected chi connectivity index (χ0v) is 16.9. The first-order valence-electron chi connectivity index (χ1n) is 9.97. The number of carbonyl (C=O) groups is 1. The van der Waals surface area contributed by atoms with Crippen LogP contribution in [-0.4, -0.2) is 59.8 Å². The van der Waals surface area contributed by atoms with E-state index < -0.39 is 23.0 Å². The number of aromatic amines is 1. The molecule has 1 fully saturated rings. The Kier molecular flexibility index (Phi) is 7.36. The van der Waals surface area contributed by atoms with Crippen molar-refractivity contribution in [2.45, 2.75) is 19.9 Å². The van der Waals surface area contributed by atoms with E-state index in [2.05, 4.69) is 20.5 Å². The lowest BCUT2D eigenvalue weighted by atomic mass is 10.2. The van der Waals surface area contributed by atoms with Crippen LogP contribution in [0.25, 0.3) is 0 Å². The minimum atomic E-state index is -0.621. The van der Waals surface area contributed by atoms with E-state index in [0.717, 1.165) is 19.2 Å². The molecular formula is C20H26FN5O4. The van der Waals surface area contributed by atoms with Gasteiger partial charge in [0.2, 0.25) is 0 Å². The molecule has 1 aromatic carbocycles. The Morgan fingerprint density at radius 3 is 2.70 bits per heavy atom. The van der Waals surface area contributed by atoms with Crippen molar-refractivity contribution >= 4 is 17.4 Å². The fourth-order valence-electron chi connectivity index (χ4n) is 3.28. The number of ether oxygens (including phenoxy) is 1. The number of rotatable bonds is 8. The molecule has 3 rings (SSSR count). The van der Waals surface area contributed by atoms with Gasteiger partial charge in [0.1, 0.15) is 17.3 Å². The van der Waals surface area contributed by atoms with Crippen LogP contribution in [0.3, 0.4) is 0 Å². The first kappa shape index (κ1) is 21.7. The molecule has 3 N–H and O–H groups in total. The molecule has 162 valence electrons. The van der Waals surface area contributed by atoms with E-state index >= 15 is 0 Å². The predicted octanol–water partition coefficient (Wildman–Crippen LogP) is 1.08. The van der Waals surface area contributed by atoms with Gasteiger partial charge >= 0.3 is 5.69 Å². The molecule has 0 bridgehead atoms. The Bertz CT molecular complexity index is 997. The second kappa shape index (κ2) is 10.2. The van der Waals surface area contributed by atoms with Gasteiger partial charge in [0.15, 0.2) is 0 Å². The number of anilines is 2. The van der Waals surface area contributed by atoms with E-state index in [4.69, 9.17) is 4.74 Å². The highest BCUT2D eigenvalue weighted by Gasteiger charge is 2.19. The van der Waals surface area contributed by atoms with Gasteiger partial charge in [-0.3, -0.25) is 24.0 Å². The molecule has 1 amide bonds. The van der Waals surface area contributed by atoms with Gasteiger partial charge < -0.3 is 15.4 Å². The molecule has 30 heavy (non-hydrogen) atoms. The van der Waals surface area contributed by atoms with Crippen LogP contribution in [-0.2, 0) is 11.3 Å². The third-order valence-corrected chi connectivity index (χ3v) is 4.80. The summed E-state index contributed by atoms with van der Waals surface area (Å²) in [4.78, 5) is 42.0. The van der Waals surface area contributed by atoms with Gasteiger partial charge in [0.05, 0.1) is 13.2 Å². The smallest absolute Gasteiger partial charge is 0.330 e. The number of benzene rings is 1. The van der Waals surface area contributed by atoms with E-state index in [9.17, 15) is 18.8 Å². The molecule has 2 heterocycles. The van der Waals surface area contributed by atoms with Gasteiger partial charge in [-0.05, 0) is 24.6 Å². The third-order valence-electron chi connectivity index (χ3n) is 4.80. The monoisotopic (exact) mass is 419 g/mol. The van der Waals surface area contributed by atoms with Gasteiger partial charge in [0, 0.05) is 38.3 Å². The minimum absolute atomic E-state index is 0.0711. The van der Waals surface area contributed by atoms with Gasteiger partial charge in [-0.25, -0.2) is 9.18 Å². The maximum Gasteiger partial charge on any atom is 0.330 e. The number of nitrogens with one attached hydrogen (secondary N) is 3. The summed E-state index contributed by atoms with van der Waals surface area (Å²) in [6, 6.07) is 5.20. The number of halogens is 1. The third kappa shape index (κ3) is 5.33. The van der Waals surface area contributed by atoms with Crippen molar-refractivity contribution in [2.24, 2.45) is 0 Å². The quantitative estimate of drug-likeness (QED) is 0.591. The number of carbonyl (C=O) groups excluding carboxylic acids is 1. The van der Waals surface area contributed by atoms with Gasteiger partial charge in [-0.1, -0.05) is 13.0 Å². The molecule has 2 aromatic rings. The van der Waals surface area contributed by atoms with E-state index in [1.165, 1.54) is 22.8 Å². The number of nitrogens with zero attached hydrogens (tertiary/aromatic N) is 2. The van der Waals surface area contributed by atoms with Crippen LogP contribution in [0.2, 0.25) is 0 Å². The van der Waals surface area contributed by atoms with Gasteiger partial charge in [-0.15, -0.1) is 0 Å². The maximum atomic E-state index is 13.5. The molecule has 1 saturated heterocycles. The first-order valence-corrected chi connectivity index (χ1v) is 9.97. The predicted molar refractivity (Wildman–Crippen MR) is 112 cm³/mol. The molecule has 0 atom stereocenters. The highest BCUT2D eigenvalue weighted by atomic mass is 19.1. The van der Waals surface area contributed by atoms with Crippen molar-refractivity contribution in [1.82, 2.24) is 14.5 Å². The van der Waals surface area contributed by atoms with Crippen LogP contribution in [0.4, 0.5) is 15.9 Å². The number of morpholine rings is 1. The summed E-state index contributed by atoms with van der Waals surface area (Å²) in [5.41, 5.74) is -1.05. The summed E-state index contributed by atoms with van der Waals surface area (Å²) in [7, 11) is 0. The molecule has 0 saturated carbocycles. The standard InChI is InChI=1S/C20H26FN5O4/c1-2-7-26-17(23-18(27)14-4-3-5-15(21)13-14)16(19(28)24-20(26)29)22-6-8-25-9-11-30-12-10-25/h3-5,13,22H,2,6-12H2,1H3,(H,23,27)(H,24,28,29). The summed E-state index contributed by atoms with van der Waals surface area (Å²) < 4.78 is 20.1. The fraction of sp³-hybridized carbons (Fsp3) is 0.450. The van der Waals surface area contributed by atoms with Crippen molar-refractivity contribution in [2.75, 3.05) is 50.0 Å². The number of amides is 1. The summed E-state index contributed by atoms with van der Waals surface area (Å²) in [5, 5.41) is 5.67. The topological polar surface area (TPSA) is 108 Å². The van der Waals surface area contributed by atoms with Crippen LogP contribution >= 0.6 is 0 Å². The molecule has 0 radical (unpaired) electrons. The highest BCUT2D eigenvalue weighted by Crippen LogP contribution is 2.17. The van der Waals surface area contributed by atoms with Crippen molar-refractivity contribution in [3.8, 4) is 0 Å². The lowest BCUT2D eigenvalue weighted by molar-refractivity contribution is 0.0398. The summed E-state index contributed by atoms with van der Waals surface area (Å²) >= 11 is 0. The van der Waals surface area contributed by atoms with Crippen LogP contribution < -0.4 is 21.9 Å². The van der Waals surface area contributed by atoms with E-state index in [1.807, 2.05) is 6.92 Å². The number of H-pyrrole nitrogens is 1. The molecule has 9 nitrogen and oxygen atoms in total. The minimum Gasteiger partial charge on any atom is -0.379 e. The number of hydrogen-bond donors (Lipinski definition) is 3. The molecule has 0 aliphatic carbocycles. The highest BCUT2D eigenvalue weighted by molar-refractivity contribution is 6.05. The molecular weight excluding hydrogens is 393 g/mol. The molecule has 0 unspecified atom stereocenters. The van der Waals surface area contributed by atoms with E-state index in [1.54, 1.807) is 0 Å². The Labute approximate surface area is 172 Å². The first-order chi connectivity index (χ1) is 14.5. The van der Waals surface area contributed by atoms with Crippen LogP contribution in [0.1, 0.15) is 23.7 Å². The Morgan fingerprint density at radius 1 is 1.23 bits per heavy atom. The van der Waals surface area contributed by atoms with Crippen molar-refractivity contribution in [3.05, 3.63) is 56.5 Å². The summed E-state index contributed by atoms with van der Waals surface area (Å²) in [5.74, 6) is -1.09. The molecule has 0 spiro atoms. The molecule has 1 aliphatic heterocycles. The summed E-state index contributed by atoms with van der Waals surface area (Å²) in [6.07, 6.45) is 0.613. The van der Waals surface area contributed by atoms with Crippen LogP contribution in [0.5, 0.6) is 0 Å². The summed E-state index contributed by atoms with van der Waals surface area (Å²) in [6.45, 7) is 6.22. The fourth-order valence-corrected chi connectivity index (χ4v) is 3.28. The molecule has 1 aliphatic rings.